The first kappa shape index (κ1) is 19.6. The number of nitrogens with zero attached hydrogens (tertiary/aromatic N) is 2. The summed E-state index contributed by atoms with van der Waals surface area (Å²) in [5.41, 5.74) is 2.21. The Balaban J connectivity index is 1.70. The quantitative estimate of drug-likeness (QED) is 0.553. The molecule has 1 heterocycles. The Hall–Kier alpha value is -2.12. The van der Waals surface area contributed by atoms with Crippen LogP contribution in [0.1, 0.15) is 37.3 Å². The van der Waals surface area contributed by atoms with Crippen LogP contribution >= 0.6 is 15.9 Å². The third-order valence-corrected chi connectivity index (χ3v) is 6.41. The van der Waals surface area contributed by atoms with Crippen molar-refractivity contribution in [3.63, 3.8) is 0 Å². The van der Waals surface area contributed by atoms with E-state index in [9.17, 15) is 8.42 Å². The van der Waals surface area contributed by atoms with Crippen molar-refractivity contribution in [2.24, 2.45) is 0 Å². The van der Waals surface area contributed by atoms with Gasteiger partial charge in [-0.1, -0.05) is 54.0 Å². The Kier molecular flexibility index (Phi) is 6.01. The summed E-state index contributed by atoms with van der Waals surface area (Å²) < 4.78 is 30.4. The smallest absolute Gasteiger partial charge is 0.263 e. The van der Waals surface area contributed by atoms with Crippen LogP contribution in [0.25, 0.3) is 0 Å². The van der Waals surface area contributed by atoms with Gasteiger partial charge in [-0.25, -0.2) is 8.42 Å². The molecule has 1 N–H and O–H groups in total. The predicted octanol–water partition coefficient (Wildman–Crippen LogP) is 5.01. The normalized spacial score (nSPS) is 12.7. The molecule has 5 nitrogen and oxygen atoms in total. The van der Waals surface area contributed by atoms with Crippen molar-refractivity contribution in [2.45, 2.75) is 37.6 Å². The molecule has 0 amide bonds. The average molecular weight is 448 g/mol. The molecule has 142 valence electrons. The Morgan fingerprint density at radius 3 is 2.37 bits per heavy atom. The molecule has 0 radical (unpaired) electrons. The monoisotopic (exact) mass is 447 g/mol. The average Bonchev–Trinajstić information content (AvgIpc) is 3.09. The molecule has 3 rings (SSSR count). The summed E-state index contributed by atoms with van der Waals surface area (Å²) in [7, 11) is -3.66. The maximum absolute atomic E-state index is 12.6. The third kappa shape index (κ3) is 4.99. The SMILES string of the molecule is CCC(C)c1ccc(S(=O)(=O)Nc2ccn(Cc3ccc(Br)cc3)n2)cc1. The zero-order chi connectivity index (χ0) is 19.4. The summed E-state index contributed by atoms with van der Waals surface area (Å²) in [4.78, 5) is 0.233. The minimum absolute atomic E-state index is 0.233. The van der Waals surface area contributed by atoms with E-state index in [1.54, 1.807) is 29.1 Å². The lowest BCUT2D eigenvalue weighted by molar-refractivity contribution is 0.600. The number of aromatic nitrogens is 2. The number of hydrogen-bond donors (Lipinski definition) is 1. The van der Waals surface area contributed by atoms with E-state index < -0.39 is 10.0 Å². The molecule has 3 aromatic rings. The molecule has 0 saturated carbocycles. The molecule has 1 aromatic heterocycles. The summed E-state index contributed by atoms with van der Waals surface area (Å²) in [5, 5.41) is 4.31. The Morgan fingerprint density at radius 1 is 1.07 bits per heavy atom. The molecule has 0 spiro atoms. The second kappa shape index (κ2) is 8.27. The van der Waals surface area contributed by atoms with Crippen LogP contribution < -0.4 is 4.72 Å². The van der Waals surface area contributed by atoms with E-state index in [0.29, 0.717) is 18.3 Å². The Morgan fingerprint density at radius 2 is 1.74 bits per heavy atom. The summed E-state index contributed by atoms with van der Waals surface area (Å²) >= 11 is 3.41. The molecule has 0 bridgehead atoms. The Labute approximate surface area is 168 Å². The summed E-state index contributed by atoms with van der Waals surface area (Å²) in [5.74, 6) is 0.710. The standard InChI is InChI=1S/C20H22BrN3O2S/c1-3-15(2)17-6-10-19(11-7-17)27(25,26)23-20-12-13-24(22-20)14-16-4-8-18(21)9-5-16/h4-13,15H,3,14H2,1-2H3,(H,22,23). The van der Waals surface area contributed by atoms with Crippen LogP contribution in [-0.4, -0.2) is 18.2 Å². The number of anilines is 1. The summed E-state index contributed by atoms with van der Waals surface area (Å²) in [6, 6.07) is 16.6. The molecule has 0 aliphatic rings. The first-order valence-corrected chi connectivity index (χ1v) is 11.1. The number of benzene rings is 2. The van der Waals surface area contributed by atoms with Gasteiger partial charge in [0.15, 0.2) is 5.82 Å². The van der Waals surface area contributed by atoms with Crippen LogP contribution in [0, 0.1) is 0 Å². The van der Waals surface area contributed by atoms with Crippen molar-refractivity contribution < 1.29 is 8.42 Å². The van der Waals surface area contributed by atoms with Gasteiger partial charge in [-0.05, 0) is 47.7 Å². The van der Waals surface area contributed by atoms with Crippen LogP contribution in [-0.2, 0) is 16.6 Å². The van der Waals surface area contributed by atoms with Gasteiger partial charge in [0, 0.05) is 16.7 Å². The first-order valence-electron chi connectivity index (χ1n) is 8.78. The largest absolute Gasteiger partial charge is 0.266 e. The minimum Gasteiger partial charge on any atom is -0.266 e. The van der Waals surface area contributed by atoms with E-state index in [1.165, 1.54) is 0 Å². The number of halogens is 1. The van der Waals surface area contributed by atoms with Crippen molar-refractivity contribution in [3.05, 3.63) is 76.4 Å². The third-order valence-electron chi connectivity index (χ3n) is 4.51. The van der Waals surface area contributed by atoms with Crippen LogP contribution in [0.5, 0.6) is 0 Å². The highest BCUT2D eigenvalue weighted by molar-refractivity contribution is 9.10. The number of hydrogen-bond acceptors (Lipinski definition) is 3. The first-order chi connectivity index (χ1) is 12.9. The van der Waals surface area contributed by atoms with Gasteiger partial charge in [0.2, 0.25) is 0 Å². The number of sulfonamides is 1. The molecule has 0 fully saturated rings. The molecule has 1 unspecified atom stereocenters. The molecular formula is C20H22BrN3O2S. The van der Waals surface area contributed by atoms with Crippen LogP contribution in [0.2, 0.25) is 0 Å². The predicted molar refractivity (Wildman–Crippen MR) is 111 cm³/mol. The lowest BCUT2D eigenvalue weighted by Gasteiger charge is -2.10. The molecule has 0 saturated heterocycles. The van der Waals surface area contributed by atoms with Crippen LogP contribution in [0.15, 0.2) is 70.2 Å². The highest BCUT2D eigenvalue weighted by Crippen LogP contribution is 2.21. The minimum atomic E-state index is -3.66. The van der Waals surface area contributed by atoms with Gasteiger partial charge in [-0.2, -0.15) is 5.10 Å². The van der Waals surface area contributed by atoms with Crippen molar-refractivity contribution in [2.75, 3.05) is 4.72 Å². The van der Waals surface area contributed by atoms with Gasteiger partial charge >= 0.3 is 0 Å². The van der Waals surface area contributed by atoms with E-state index in [-0.39, 0.29) is 4.90 Å². The summed E-state index contributed by atoms with van der Waals surface area (Å²) in [6.45, 7) is 4.81. The van der Waals surface area contributed by atoms with E-state index in [0.717, 1.165) is 22.0 Å². The molecule has 0 aliphatic heterocycles. The van der Waals surface area contributed by atoms with Crippen LogP contribution in [0.3, 0.4) is 0 Å². The van der Waals surface area contributed by atoms with E-state index in [2.05, 4.69) is 39.6 Å². The highest BCUT2D eigenvalue weighted by atomic mass is 79.9. The van der Waals surface area contributed by atoms with Gasteiger partial charge in [-0.15, -0.1) is 0 Å². The molecule has 7 heteroatoms. The number of nitrogens with one attached hydrogen (secondary N) is 1. The zero-order valence-electron chi connectivity index (χ0n) is 15.3. The maximum atomic E-state index is 12.6. The fourth-order valence-electron chi connectivity index (χ4n) is 2.69. The molecule has 1 atom stereocenters. The topological polar surface area (TPSA) is 64.0 Å². The molecule has 0 aliphatic carbocycles. The van der Waals surface area contributed by atoms with E-state index in [1.807, 2.05) is 36.4 Å². The molecule has 2 aromatic carbocycles. The molecular weight excluding hydrogens is 426 g/mol. The Bertz CT molecular complexity index is 996. The van der Waals surface area contributed by atoms with Crippen molar-refractivity contribution >= 4 is 31.8 Å². The zero-order valence-corrected chi connectivity index (χ0v) is 17.7. The van der Waals surface area contributed by atoms with E-state index >= 15 is 0 Å². The fraction of sp³-hybridized carbons (Fsp3) is 0.250. The van der Waals surface area contributed by atoms with Crippen molar-refractivity contribution in [1.82, 2.24) is 9.78 Å². The van der Waals surface area contributed by atoms with Gasteiger partial charge in [0.25, 0.3) is 10.0 Å². The number of rotatable bonds is 7. The van der Waals surface area contributed by atoms with Crippen molar-refractivity contribution in [1.29, 1.82) is 0 Å². The van der Waals surface area contributed by atoms with Gasteiger partial charge in [-0.3, -0.25) is 9.40 Å². The van der Waals surface area contributed by atoms with Crippen molar-refractivity contribution in [3.8, 4) is 0 Å². The summed E-state index contributed by atoms with van der Waals surface area (Å²) in [6.07, 6.45) is 2.77. The fourth-order valence-corrected chi connectivity index (χ4v) is 3.95. The lowest BCUT2D eigenvalue weighted by Crippen LogP contribution is -2.14. The van der Waals surface area contributed by atoms with Gasteiger partial charge < -0.3 is 0 Å². The highest BCUT2D eigenvalue weighted by Gasteiger charge is 2.16. The molecule has 27 heavy (non-hydrogen) atoms. The van der Waals surface area contributed by atoms with Crippen LogP contribution in [0.4, 0.5) is 5.82 Å². The second-order valence-corrected chi connectivity index (χ2v) is 9.11. The van der Waals surface area contributed by atoms with Gasteiger partial charge in [0.1, 0.15) is 0 Å². The second-order valence-electron chi connectivity index (χ2n) is 6.51. The van der Waals surface area contributed by atoms with Gasteiger partial charge in [0.05, 0.1) is 11.4 Å². The lowest BCUT2D eigenvalue weighted by atomic mass is 9.99. The maximum Gasteiger partial charge on any atom is 0.263 e. The van der Waals surface area contributed by atoms with E-state index in [4.69, 9.17) is 0 Å².